The molecule has 1 aromatic carbocycles. The monoisotopic (exact) mass is 312 g/mol. The molecule has 1 aliphatic heterocycles. The van der Waals surface area contributed by atoms with E-state index in [1.54, 1.807) is 17.5 Å². The molecule has 1 amide bonds. The van der Waals surface area contributed by atoms with Crippen molar-refractivity contribution in [1.29, 1.82) is 0 Å². The van der Waals surface area contributed by atoms with Crippen LogP contribution >= 0.6 is 11.3 Å². The molecule has 1 saturated heterocycles. The van der Waals surface area contributed by atoms with Gasteiger partial charge in [-0.25, -0.2) is 9.97 Å². The molecule has 3 aromatic rings. The number of hydrogen-bond acceptors (Lipinski definition) is 4. The zero-order valence-corrected chi connectivity index (χ0v) is 12.9. The highest BCUT2D eigenvalue weighted by atomic mass is 32.1. The van der Waals surface area contributed by atoms with Crippen LogP contribution in [0.4, 0.5) is 0 Å². The first-order chi connectivity index (χ1) is 10.8. The van der Waals surface area contributed by atoms with Crippen LogP contribution in [0.2, 0.25) is 0 Å². The van der Waals surface area contributed by atoms with Crippen LogP contribution in [0.3, 0.4) is 0 Å². The van der Waals surface area contributed by atoms with Crippen molar-refractivity contribution in [3.63, 3.8) is 0 Å². The minimum Gasteiger partial charge on any atom is -0.338 e. The Labute approximate surface area is 132 Å². The number of hydrogen-bond donors (Lipinski definition) is 0. The number of carbonyl (C=O) groups is 1. The summed E-state index contributed by atoms with van der Waals surface area (Å²) < 4.78 is 3.26. The third-order valence-corrected chi connectivity index (χ3v) is 5.15. The molecule has 0 bridgehead atoms. The summed E-state index contributed by atoms with van der Waals surface area (Å²) in [7, 11) is 0. The summed E-state index contributed by atoms with van der Waals surface area (Å²) in [5.41, 5.74) is 1.03. The molecule has 0 atom stereocenters. The first-order valence-corrected chi connectivity index (χ1v) is 8.21. The number of aryl methyl sites for hydroxylation is 1. The van der Waals surface area contributed by atoms with Gasteiger partial charge in [-0.3, -0.25) is 4.79 Å². The summed E-state index contributed by atoms with van der Waals surface area (Å²) in [6.07, 6.45) is 6.81. The van der Waals surface area contributed by atoms with Crippen molar-refractivity contribution in [3.05, 3.63) is 48.0 Å². The van der Waals surface area contributed by atoms with E-state index in [1.807, 2.05) is 35.6 Å². The maximum Gasteiger partial charge on any atom is 0.223 e. The minimum atomic E-state index is 0.218. The number of nitrogens with zero attached hydrogens (tertiary/aromatic N) is 4. The van der Waals surface area contributed by atoms with E-state index in [-0.39, 0.29) is 5.91 Å². The molecule has 3 heterocycles. The molecule has 0 aliphatic carbocycles. The minimum absolute atomic E-state index is 0.218. The van der Waals surface area contributed by atoms with Gasteiger partial charge in [-0.15, -0.1) is 11.3 Å². The fourth-order valence-electron chi connectivity index (χ4n) is 2.73. The van der Waals surface area contributed by atoms with Crippen LogP contribution in [0.25, 0.3) is 10.2 Å². The van der Waals surface area contributed by atoms with Crippen LogP contribution in [0, 0.1) is 0 Å². The molecule has 0 saturated carbocycles. The molecule has 6 heteroatoms. The van der Waals surface area contributed by atoms with E-state index in [4.69, 9.17) is 0 Å². The molecule has 22 heavy (non-hydrogen) atoms. The number of benzene rings is 1. The number of thiazole rings is 1. The van der Waals surface area contributed by atoms with E-state index < -0.39 is 0 Å². The van der Waals surface area contributed by atoms with Gasteiger partial charge in [0.05, 0.1) is 27.6 Å². The fraction of sp³-hybridized carbons (Fsp3) is 0.312. The van der Waals surface area contributed by atoms with E-state index in [9.17, 15) is 4.79 Å². The lowest BCUT2D eigenvalue weighted by Crippen LogP contribution is -2.50. The first-order valence-electron chi connectivity index (χ1n) is 7.39. The first kappa shape index (κ1) is 13.5. The van der Waals surface area contributed by atoms with Gasteiger partial charge < -0.3 is 9.47 Å². The summed E-state index contributed by atoms with van der Waals surface area (Å²) in [4.78, 5) is 22.7. The number of amides is 1. The van der Waals surface area contributed by atoms with E-state index in [1.165, 1.54) is 4.70 Å². The second-order valence-corrected chi connectivity index (χ2v) is 6.65. The lowest BCUT2D eigenvalue weighted by Gasteiger charge is -2.39. The molecule has 2 aromatic heterocycles. The van der Waals surface area contributed by atoms with Crippen LogP contribution in [0.15, 0.2) is 43.0 Å². The average molecular weight is 312 g/mol. The highest BCUT2D eigenvalue weighted by molar-refractivity contribution is 7.18. The van der Waals surface area contributed by atoms with E-state index in [0.29, 0.717) is 12.5 Å². The predicted molar refractivity (Wildman–Crippen MR) is 85.8 cm³/mol. The fourth-order valence-corrected chi connectivity index (χ4v) is 3.70. The van der Waals surface area contributed by atoms with Gasteiger partial charge in [-0.2, -0.15) is 0 Å². The predicted octanol–water partition coefficient (Wildman–Crippen LogP) is 2.51. The molecule has 0 unspecified atom stereocenters. The molecular formula is C16H16N4OS. The van der Waals surface area contributed by atoms with Crippen LogP contribution in [-0.4, -0.2) is 38.4 Å². The van der Waals surface area contributed by atoms with Crippen LogP contribution in [0.1, 0.15) is 17.5 Å². The highest BCUT2D eigenvalue weighted by Gasteiger charge is 2.31. The number of aromatic nitrogens is 3. The van der Waals surface area contributed by atoms with Gasteiger partial charge in [-0.05, 0) is 12.1 Å². The Bertz CT molecular complexity index is 756. The third kappa shape index (κ3) is 2.50. The van der Waals surface area contributed by atoms with Crippen molar-refractivity contribution in [2.45, 2.75) is 18.9 Å². The van der Waals surface area contributed by atoms with E-state index in [0.717, 1.165) is 30.0 Å². The van der Waals surface area contributed by atoms with Crippen LogP contribution in [0.5, 0.6) is 0 Å². The summed E-state index contributed by atoms with van der Waals surface area (Å²) in [5, 5.41) is 1.04. The molecule has 1 aliphatic rings. The average Bonchev–Trinajstić information content (AvgIpc) is 3.12. The van der Waals surface area contributed by atoms with Crippen molar-refractivity contribution in [3.8, 4) is 0 Å². The Balaban J connectivity index is 1.32. The number of imidazole rings is 1. The Kier molecular flexibility index (Phi) is 3.38. The number of para-hydroxylation sites is 1. The van der Waals surface area contributed by atoms with Crippen molar-refractivity contribution < 1.29 is 4.79 Å². The number of carbonyl (C=O) groups excluding carboxylic acids is 1. The lowest BCUT2D eigenvalue weighted by atomic mass is 10.1. The van der Waals surface area contributed by atoms with Crippen molar-refractivity contribution in [2.24, 2.45) is 0 Å². The van der Waals surface area contributed by atoms with Crippen LogP contribution < -0.4 is 0 Å². The molecule has 4 rings (SSSR count). The topological polar surface area (TPSA) is 51.0 Å². The smallest absolute Gasteiger partial charge is 0.223 e. The molecule has 0 N–H and O–H groups in total. The summed E-state index contributed by atoms with van der Waals surface area (Å²) >= 11 is 1.68. The Hall–Kier alpha value is -2.21. The van der Waals surface area contributed by atoms with E-state index in [2.05, 4.69) is 20.6 Å². The van der Waals surface area contributed by atoms with Gasteiger partial charge in [0.15, 0.2) is 0 Å². The van der Waals surface area contributed by atoms with Gasteiger partial charge in [0.25, 0.3) is 0 Å². The Morgan fingerprint density at radius 3 is 2.95 bits per heavy atom. The molecule has 1 fully saturated rings. The van der Waals surface area contributed by atoms with Gasteiger partial charge in [0.2, 0.25) is 5.91 Å². The number of likely N-dealkylation sites (tertiary alicyclic amines) is 1. The standard InChI is InChI=1S/C16H16N4OS/c21-16(20-9-12(10-20)19-8-7-17-11-19)6-5-15-18-13-3-1-2-4-14(13)22-15/h1-4,7-8,11-12H,5-6,9-10H2. The number of fused-ring (bicyclic) bond motifs is 1. The maximum absolute atomic E-state index is 12.2. The van der Waals surface area contributed by atoms with Gasteiger partial charge in [0, 0.05) is 38.3 Å². The number of rotatable bonds is 4. The van der Waals surface area contributed by atoms with Crippen molar-refractivity contribution >= 4 is 27.5 Å². The second kappa shape index (κ2) is 5.53. The van der Waals surface area contributed by atoms with Crippen molar-refractivity contribution in [2.75, 3.05) is 13.1 Å². The highest BCUT2D eigenvalue weighted by Crippen LogP contribution is 2.24. The summed E-state index contributed by atoms with van der Waals surface area (Å²) in [6.45, 7) is 1.57. The van der Waals surface area contributed by atoms with Gasteiger partial charge in [0.1, 0.15) is 0 Å². The molecule has 0 radical (unpaired) electrons. The summed E-state index contributed by atoms with van der Waals surface area (Å²) in [6, 6.07) is 8.49. The van der Waals surface area contributed by atoms with Gasteiger partial charge in [-0.1, -0.05) is 12.1 Å². The van der Waals surface area contributed by atoms with Gasteiger partial charge >= 0.3 is 0 Å². The van der Waals surface area contributed by atoms with Crippen LogP contribution in [-0.2, 0) is 11.2 Å². The summed E-state index contributed by atoms with van der Waals surface area (Å²) in [5.74, 6) is 0.218. The normalized spacial score (nSPS) is 15.2. The second-order valence-electron chi connectivity index (χ2n) is 5.54. The Morgan fingerprint density at radius 1 is 1.32 bits per heavy atom. The zero-order chi connectivity index (χ0) is 14.9. The lowest BCUT2D eigenvalue weighted by molar-refractivity contribution is -0.136. The zero-order valence-electron chi connectivity index (χ0n) is 12.1. The largest absolute Gasteiger partial charge is 0.338 e. The maximum atomic E-state index is 12.2. The van der Waals surface area contributed by atoms with E-state index >= 15 is 0 Å². The SMILES string of the molecule is O=C(CCc1nc2ccccc2s1)N1CC(n2ccnc2)C1. The molecular weight excluding hydrogens is 296 g/mol. The molecule has 112 valence electrons. The quantitative estimate of drug-likeness (QED) is 0.744. The van der Waals surface area contributed by atoms with Crippen molar-refractivity contribution in [1.82, 2.24) is 19.4 Å². The molecule has 5 nitrogen and oxygen atoms in total. The Morgan fingerprint density at radius 2 is 2.18 bits per heavy atom. The third-order valence-electron chi connectivity index (χ3n) is 4.05. The molecule has 0 spiro atoms.